The van der Waals surface area contributed by atoms with Gasteiger partial charge in [0.15, 0.2) is 0 Å². The molecule has 0 unspecified atom stereocenters. The number of nitrogens with zero attached hydrogens (tertiary/aromatic N) is 5. The lowest BCUT2D eigenvalue weighted by Gasteiger charge is -2.39. The van der Waals surface area contributed by atoms with E-state index in [1.807, 2.05) is 84.9 Å². The molecule has 0 saturated heterocycles. The molecule has 0 aliphatic carbocycles. The third-order valence-electron chi connectivity index (χ3n) is 10.6. The van der Waals surface area contributed by atoms with Gasteiger partial charge in [-0.25, -0.2) is 0 Å². The van der Waals surface area contributed by atoms with Crippen LogP contribution in [0.25, 0.3) is 0 Å². The molecular formula is C46H29B2N5. The van der Waals surface area contributed by atoms with E-state index in [2.05, 4.69) is 108 Å². The normalized spacial score (nSPS) is 12.4. The van der Waals surface area contributed by atoms with Gasteiger partial charge < -0.3 is 9.80 Å². The third kappa shape index (κ3) is 4.93. The fourth-order valence-corrected chi connectivity index (χ4v) is 8.45. The average Bonchev–Trinajstić information content (AvgIpc) is 3.22. The quantitative estimate of drug-likeness (QED) is 0.208. The highest BCUT2D eigenvalue weighted by Gasteiger charge is 2.40. The molecule has 5 nitrogen and oxygen atoms in total. The summed E-state index contributed by atoms with van der Waals surface area (Å²) in [6, 6.07) is 60.7. The Labute approximate surface area is 310 Å². The average molecular weight is 673 g/mol. The van der Waals surface area contributed by atoms with Gasteiger partial charge in [-0.15, -0.1) is 0 Å². The molecule has 9 rings (SSSR count). The van der Waals surface area contributed by atoms with Gasteiger partial charge in [-0.1, -0.05) is 126 Å². The van der Waals surface area contributed by atoms with Crippen LogP contribution in [-0.2, 0) is 0 Å². The number of nitriles is 3. The minimum Gasteiger partial charge on any atom is -0.310 e. The zero-order valence-electron chi connectivity index (χ0n) is 28.9. The molecule has 2 aliphatic rings. The summed E-state index contributed by atoms with van der Waals surface area (Å²) in [6.45, 7) is 1.80. The first-order valence-electron chi connectivity index (χ1n) is 17.6. The predicted molar refractivity (Wildman–Crippen MR) is 217 cm³/mol. The van der Waals surface area contributed by atoms with Crippen LogP contribution in [0.1, 0.15) is 22.3 Å². The van der Waals surface area contributed by atoms with Crippen molar-refractivity contribution in [2.45, 2.75) is 6.92 Å². The summed E-state index contributed by atoms with van der Waals surface area (Å²) in [7, 11) is 0. The molecule has 0 aromatic heterocycles. The van der Waals surface area contributed by atoms with E-state index in [-0.39, 0.29) is 13.4 Å². The smallest absolute Gasteiger partial charge is 0.246 e. The Morgan fingerprint density at radius 1 is 0.377 bits per heavy atom. The molecule has 7 aromatic rings. The third-order valence-corrected chi connectivity index (χ3v) is 10.6. The first-order valence-corrected chi connectivity index (χ1v) is 17.6. The van der Waals surface area contributed by atoms with Gasteiger partial charge in [-0.05, 0) is 76.8 Å². The van der Waals surface area contributed by atoms with Gasteiger partial charge in [0, 0.05) is 17.1 Å². The highest BCUT2D eigenvalue weighted by molar-refractivity contribution is 6.99. The standard InChI is InChI=1S/C46H29B2N5/c1-31-12-8-20-39-43(31)52(37-16-4-2-5-17-37)44-32(28-49)13-9-21-40(44)47(39)35-24-26-36(27-25-35)48-41-22-10-14-33(29-50)45(41)53(38-18-6-3-7-19-38)46-34(30-51)15-11-23-42(46)48/h2-27H,1H3. The van der Waals surface area contributed by atoms with Crippen molar-refractivity contribution in [1.82, 2.24) is 0 Å². The molecule has 0 atom stereocenters. The molecule has 0 saturated carbocycles. The van der Waals surface area contributed by atoms with E-state index in [1.165, 1.54) is 5.46 Å². The van der Waals surface area contributed by atoms with Crippen LogP contribution in [0.4, 0.5) is 34.1 Å². The SMILES string of the molecule is Cc1cccc2c1N(c1ccccc1)c1c(C#N)cccc1B2c1ccc(B2c3cccc(C#N)c3N(c3ccccc3)c3c(C#N)cccc32)cc1. The monoisotopic (exact) mass is 673 g/mol. The maximum absolute atomic E-state index is 10.4. The molecular weight excluding hydrogens is 644 g/mol. The van der Waals surface area contributed by atoms with Gasteiger partial charge in [0.2, 0.25) is 13.4 Å². The van der Waals surface area contributed by atoms with Crippen LogP contribution in [0.2, 0.25) is 0 Å². The van der Waals surface area contributed by atoms with Crippen LogP contribution in [-0.4, -0.2) is 13.4 Å². The summed E-state index contributed by atoms with van der Waals surface area (Å²) in [6.07, 6.45) is 0. The lowest BCUT2D eigenvalue weighted by molar-refractivity contribution is 1.25. The Balaban J connectivity index is 1.23. The van der Waals surface area contributed by atoms with Gasteiger partial charge in [-0.2, -0.15) is 15.8 Å². The summed E-state index contributed by atoms with van der Waals surface area (Å²) in [5, 5.41) is 31.2. The van der Waals surface area contributed by atoms with Gasteiger partial charge >= 0.3 is 0 Å². The number of hydrogen-bond donors (Lipinski definition) is 0. The van der Waals surface area contributed by atoms with Crippen molar-refractivity contribution < 1.29 is 0 Å². The van der Waals surface area contributed by atoms with Crippen LogP contribution in [0, 0.1) is 40.9 Å². The second kappa shape index (κ2) is 12.8. The molecule has 7 aromatic carbocycles. The fraction of sp³-hybridized carbons (Fsp3) is 0.0217. The summed E-state index contributed by atoms with van der Waals surface area (Å²) in [4.78, 5) is 4.33. The van der Waals surface area contributed by atoms with Crippen LogP contribution in [0.3, 0.4) is 0 Å². The highest BCUT2D eigenvalue weighted by Crippen LogP contribution is 2.41. The minimum atomic E-state index is -0.220. The number of fused-ring (bicyclic) bond motifs is 4. The predicted octanol–water partition coefficient (Wildman–Crippen LogP) is 6.21. The summed E-state index contributed by atoms with van der Waals surface area (Å²) in [5.41, 5.74) is 14.8. The van der Waals surface area contributed by atoms with E-state index in [4.69, 9.17) is 0 Å². The van der Waals surface area contributed by atoms with Crippen molar-refractivity contribution in [2.24, 2.45) is 0 Å². The van der Waals surface area contributed by atoms with E-state index >= 15 is 0 Å². The van der Waals surface area contributed by atoms with E-state index in [9.17, 15) is 15.8 Å². The molecule has 0 amide bonds. The van der Waals surface area contributed by atoms with Gasteiger partial charge in [0.25, 0.3) is 0 Å². The van der Waals surface area contributed by atoms with E-state index in [1.54, 1.807) is 0 Å². The van der Waals surface area contributed by atoms with Crippen molar-refractivity contribution in [3.8, 4) is 18.2 Å². The second-order valence-corrected chi connectivity index (χ2v) is 13.5. The maximum Gasteiger partial charge on any atom is 0.246 e. The highest BCUT2D eigenvalue weighted by atomic mass is 15.2. The van der Waals surface area contributed by atoms with Crippen LogP contribution >= 0.6 is 0 Å². The Hall–Kier alpha value is -7.26. The van der Waals surface area contributed by atoms with E-state index < -0.39 is 0 Å². The summed E-state index contributed by atoms with van der Waals surface area (Å²) < 4.78 is 0. The lowest BCUT2D eigenvalue weighted by Crippen LogP contribution is -2.59. The summed E-state index contributed by atoms with van der Waals surface area (Å²) >= 11 is 0. The zero-order valence-corrected chi connectivity index (χ0v) is 28.9. The molecule has 0 radical (unpaired) electrons. The van der Waals surface area contributed by atoms with Crippen LogP contribution < -0.4 is 42.6 Å². The van der Waals surface area contributed by atoms with E-state index in [0.29, 0.717) is 16.7 Å². The Kier molecular flexibility index (Phi) is 7.66. The number of hydrogen-bond acceptors (Lipinski definition) is 5. The molecule has 0 bridgehead atoms. The summed E-state index contributed by atoms with van der Waals surface area (Å²) in [5.74, 6) is 0. The molecule has 2 aliphatic heterocycles. The molecule has 7 heteroatoms. The fourth-order valence-electron chi connectivity index (χ4n) is 8.45. The van der Waals surface area contributed by atoms with Crippen LogP contribution in [0.15, 0.2) is 158 Å². The van der Waals surface area contributed by atoms with Crippen molar-refractivity contribution in [3.63, 3.8) is 0 Å². The number of rotatable bonds is 4. The zero-order chi connectivity index (χ0) is 36.1. The maximum atomic E-state index is 10.4. The molecule has 244 valence electrons. The topological polar surface area (TPSA) is 77.8 Å². The molecule has 0 spiro atoms. The van der Waals surface area contributed by atoms with Gasteiger partial charge in [0.1, 0.15) is 18.2 Å². The van der Waals surface area contributed by atoms with Crippen molar-refractivity contribution >= 4 is 80.3 Å². The Morgan fingerprint density at radius 2 is 0.717 bits per heavy atom. The Morgan fingerprint density at radius 3 is 1.09 bits per heavy atom. The first-order chi connectivity index (χ1) is 26.1. The van der Waals surface area contributed by atoms with Gasteiger partial charge in [0.05, 0.1) is 33.8 Å². The molecule has 0 N–H and O–H groups in total. The van der Waals surface area contributed by atoms with Crippen molar-refractivity contribution in [1.29, 1.82) is 15.8 Å². The van der Waals surface area contributed by atoms with Crippen molar-refractivity contribution in [3.05, 3.63) is 180 Å². The lowest BCUT2D eigenvalue weighted by atomic mass is 9.33. The number of aryl methyl sites for hydroxylation is 1. The molecule has 2 heterocycles. The number of anilines is 6. The number of benzene rings is 7. The number of para-hydroxylation sites is 6. The second-order valence-electron chi connectivity index (χ2n) is 13.5. The molecule has 0 fully saturated rings. The van der Waals surface area contributed by atoms with E-state index in [0.717, 1.165) is 67.0 Å². The first kappa shape index (κ1) is 31.7. The van der Waals surface area contributed by atoms with Crippen LogP contribution in [0.5, 0.6) is 0 Å². The van der Waals surface area contributed by atoms with Crippen molar-refractivity contribution in [2.75, 3.05) is 9.80 Å². The minimum absolute atomic E-state index is 0.114. The Bertz CT molecular complexity index is 2620. The molecule has 53 heavy (non-hydrogen) atoms. The largest absolute Gasteiger partial charge is 0.310 e. The van der Waals surface area contributed by atoms with Gasteiger partial charge in [-0.3, -0.25) is 0 Å².